The first kappa shape index (κ1) is 23.7. The van der Waals surface area contributed by atoms with Crippen LogP contribution in [0.2, 0.25) is 0 Å². The van der Waals surface area contributed by atoms with E-state index in [0.29, 0.717) is 18.7 Å². The summed E-state index contributed by atoms with van der Waals surface area (Å²) in [6.45, 7) is 7.39. The van der Waals surface area contributed by atoms with Crippen LogP contribution >= 0.6 is 11.3 Å². The fourth-order valence-corrected chi connectivity index (χ4v) is 4.60. The molecule has 0 spiro atoms. The van der Waals surface area contributed by atoms with Crippen LogP contribution in [-0.2, 0) is 6.54 Å². The molecule has 6 nitrogen and oxygen atoms in total. The first-order chi connectivity index (χ1) is 16.5. The molecule has 4 aromatic rings. The second-order valence-corrected chi connectivity index (χ2v) is 9.16. The zero-order valence-corrected chi connectivity index (χ0v) is 20.9. The highest BCUT2D eigenvalue weighted by Crippen LogP contribution is 2.32. The Kier molecular flexibility index (Phi) is 7.43. The van der Waals surface area contributed by atoms with Crippen LogP contribution in [0.3, 0.4) is 0 Å². The zero-order chi connectivity index (χ0) is 24.1. The van der Waals surface area contributed by atoms with Gasteiger partial charge in [0.25, 0.3) is 5.91 Å². The first-order valence-corrected chi connectivity index (χ1v) is 12.4. The van der Waals surface area contributed by atoms with E-state index in [-0.39, 0.29) is 5.91 Å². The van der Waals surface area contributed by atoms with Gasteiger partial charge in [-0.15, -0.1) is 11.3 Å². The second kappa shape index (κ2) is 10.7. The fourth-order valence-electron chi connectivity index (χ4n) is 3.80. The lowest BCUT2D eigenvalue weighted by Crippen LogP contribution is -2.24. The van der Waals surface area contributed by atoms with Crippen LogP contribution in [0, 0.1) is 13.8 Å². The number of aromatic nitrogens is 3. The molecule has 1 N–H and O–H groups in total. The Balaban J connectivity index is 1.71. The lowest BCUT2D eigenvalue weighted by Gasteiger charge is -2.12. The molecule has 3 heterocycles. The van der Waals surface area contributed by atoms with Crippen molar-refractivity contribution in [2.45, 2.75) is 40.2 Å². The van der Waals surface area contributed by atoms with E-state index >= 15 is 0 Å². The predicted octanol–water partition coefficient (Wildman–Crippen LogP) is 5.88. The molecule has 0 bridgehead atoms. The molecule has 7 heteroatoms. The number of amides is 1. The summed E-state index contributed by atoms with van der Waals surface area (Å²) in [4.78, 5) is 22.3. The molecule has 1 aromatic carbocycles. The van der Waals surface area contributed by atoms with Gasteiger partial charge in [0.15, 0.2) is 0 Å². The molecule has 0 saturated heterocycles. The van der Waals surface area contributed by atoms with Crippen LogP contribution in [0.1, 0.15) is 47.1 Å². The highest BCUT2D eigenvalue weighted by atomic mass is 32.1. The number of rotatable bonds is 9. The predicted molar refractivity (Wildman–Crippen MR) is 138 cm³/mol. The minimum absolute atomic E-state index is 0.0427. The number of ether oxygens (including phenoxy) is 1. The average Bonchev–Trinajstić information content (AvgIpc) is 3.45. The minimum Gasteiger partial charge on any atom is -0.497 e. The Morgan fingerprint density at radius 1 is 1.15 bits per heavy atom. The maximum atomic E-state index is 13.0. The maximum absolute atomic E-state index is 13.0. The molecule has 0 saturated carbocycles. The van der Waals surface area contributed by atoms with Gasteiger partial charge in [-0.1, -0.05) is 25.5 Å². The number of methoxy groups -OCH3 is 1. The summed E-state index contributed by atoms with van der Waals surface area (Å²) in [5.41, 5.74) is 6.48. The van der Waals surface area contributed by atoms with E-state index in [0.717, 1.165) is 57.5 Å². The van der Waals surface area contributed by atoms with Gasteiger partial charge >= 0.3 is 0 Å². The fraction of sp³-hybridized carbons (Fsp3) is 0.296. The van der Waals surface area contributed by atoms with E-state index in [1.54, 1.807) is 18.4 Å². The summed E-state index contributed by atoms with van der Waals surface area (Å²) in [7, 11) is 1.66. The summed E-state index contributed by atoms with van der Waals surface area (Å²) >= 11 is 1.58. The monoisotopic (exact) mass is 474 g/mol. The van der Waals surface area contributed by atoms with Crippen molar-refractivity contribution in [3.05, 3.63) is 76.6 Å². The molecule has 3 aromatic heterocycles. The van der Waals surface area contributed by atoms with Gasteiger partial charge in [0.2, 0.25) is 0 Å². The van der Waals surface area contributed by atoms with Gasteiger partial charge in [0.05, 0.1) is 24.1 Å². The van der Waals surface area contributed by atoms with Gasteiger partial charge in [-0.2, -0.15) is 0 Å². The molecular formula is C27H30N4O2S. The Bertz CT molecular complexity index is 1260. The highest BCUT2D eigenvalue weighted by molar-refractivity contribution is 7.13. The number of benzene rings is 1. The largest absolute Gasteiger partial charge is 0.497 e. The molecule has 0 fully saturated rings. The Morgan fingerprint density at radius 3 is 2.62 bits per heavy atom. The van der Waals surface area contributed by atoms with E-state index in [1.165, 1.54) is 0 Å². The van der Waals surface area contributed by atoms with Crippen LogP contribution in [0.5, 0.6) is 5.75 Å². The van der Waals surface area contributed by atoms with Gasteiger partial charge in [-0.05, 0) is 56.2 Å². The molecule has 0 aliphatic carbocycles. The van der Waals surface area contributed by atoms with Crippen molar-refractivity contribution in [1.29, 1.82) is 0 Å². The molecular weight excluding hydrogens is 444 g/mol. The number of aryl methyl sites for hydroxylation is 1. The lowest BCUT2D eigenvalue weighted by atomic mass is 10.2. The third-order valence-electron chi connectivity index (χ3n) is 5.85. The Morgan fingerprint density at radius 2 is 1.94 bits per heavy atom. The second-order valence-electron chi connectivity index (χ2n) is 8.30. The van der Waals surface area contributed by atoms with E-state index in [1.807, 2.05) is 67.9 Å². The number of nitrogens with zero attached hydrogens (tertiary/aromatic N) is 3. The van der Waals surface area contributed by atoms with Crippen LogP contribution < -0.4 is 10.1 Å². The van der Waals surface area contributed by atoms with Gasteiger partial charge in [0.1, 0.15) is 10.8 Å². The van der Waals surface area contributed by atoms with Gasteiger partial charge in [-0.3, -0.25) is 9.78 Å². The summed E-state index contributed by atoms with van der Waals surface area (Å²) in [6.07, 6.45) is 3.86. The van der Waals surface area contributed by atoms with E-state index in [9.17, 15) is 4.79 Å². The molecule has 34 heavy (non-hydrogen) atoms. The molecule has 0 unspecified atom stereocenters. The first-order valence-electron chi connectivity index (χ1n) is 11.5. The van der Waals surface area contributed by atoms with E-state index in [4.69, 9.17) is 9.72 Å². The van der Waals surface area contributed by atoms with Crippen LogP contribution in [0.4, 0.5) is 0 Å². The van der Waals surface area contributed by atoms with Crippen LogP contribution in [0.15, 0.2) is 54.0 Å². The highest BCUT2D eigenvalue weighted by Gasteiger charge is 2.20. The van der Waals surface area contributed by atoms with Crippen LogP contribution in [0.25, 0.3) is 22.0 Å². The number of thiazole rings is 1. The number of nitrogens with one attached hydrogen (secondary N) is 1. The Labute approximate surface area is 204 Å². The van der Waals surface area contributed by atoms with Gasteiger partial charge < -0.3 is 14.6 Å². The van der Waals surface area contributed by atoms with Crippen molar-refractivity contribution in [1.82, 2.24) is 19.9 Å². The number of carbonyl (C=O) groups excluding carboxylic acids is 1. The van der Waals surface area contributed by atoms with Gasteiger partial charge in [-0.25, -0.2) is 4.98 Å². The standard InChI is InChI=1S/C27H30N4O2S/c1-5-6-13-28-26(32)23-14-25(24-17-34-27(30-24)21-10-7-18(2)29-15-21)31(19(23)3)16-20-8-11-22(33-4)12-9-20/h7-12,14-15,17H,5-6,13,16H2,1-4H3,(H,28,32). The molecule has 0 radical (unpaired) electrons. The lowest BCUT2D eigenvalue weighted by molar-refractivity contribution is 0.0952. The van der Waals surface area contributed by atoms with Crippen molar-refractivity contribution in [3.8, 4) is 27.7 Å². The quantitative estimate of drug-likeness (QED) is 0.308. The molecule has 176 valence electrons. The molecule has 0 atom stereocenters. The summed E-state index contributed by atoms with van der Waals surface area (Å²) in [6, 6.07) is 14.0. The minimum atomic E-state index is -0.0427. The third kappa shape index (κ3) is 5.20. The summed E-state index contributed by atoms with van der Waals surface area (Å²) in [5.74, 6) is 0.777. The molecule has 4 rings (SSSR count). The number of pyridine rings is 1. The van der Waals surface area contributed by atoms with E-state index in [2.05, 4.69) is 21.8 Å². The van der Waals surface area contributed by atoms with Crippen molar-refractivity contribution in [3.63, 3.8) is 0 Å². The normalized spacial score (nSPS) is 10.9. The number of hydrogen-bond acceptors (Lipinski definition) is 5. The van der Waals surface area contributed by atoms with E-state index < -0.39 is 0 Å². The van der Waals surface area contributed by atoms with Crippen molar-refractivity contribution in [2.75, 3.05) is 13.7 Å². The summed E-state index contributed by atoms with van der Waals surface area (Å²) in [5, 5.41) is 6.01. The molecule has 0 aliphatic rings. The average molecular weight is 475 g/mol. The smallest absolute Gasteiger partial charge is 0.253 e. The SMILES string of the molecule is CCCCNC(=O)c1cc(-c2csc(-c3ccc(C)nc3)n2)n(Cc2ccc(OC)cc2)c1C. The number of carbonyl (C=O) groups is 1. The van der Waals surface area contributed by atoms with Crippen molar-refractivity contribution in [2.24, 2.45) is 0 Å². The van der Waals surface area contributed by atoms with Gasteiger partial charge in [0, 0.05) is 41.6 Å². The molecule has 1 amide bonds. The Hall–Kier alpha value is -3.45. The number of hydrogen-bond donors (Lipinski definition) is 1. The maximum Gasteiger partial charge on any atom is 0.253 e. The topological polar surface area (TPSA) is 69.0 Å². The third-order valence-corrected chi connectivity index (χ3v) is 6.74. The number of unbranched alkanes of at least 4 members (excludes halogenated alkanes) is 1. The van der Waals surface area contributed by atoms with Crippen LogP contribution in [-0.4, -0.2) is 34.1 Å². The van der Waals surface area contributed by atoms with Crippen molar-refractivity contribution >= 4 is 17.2 Å². The van der Waals surface area contributed by atoms with Crippen molar-refractivity contribution < 1.29 is 9.53 Å². The molecule has 0 aliphatic heterocycles. The summed E-state index contributed by atoms with van der Waals surface area (Å²) < 4.78 is 7.47. The zero-order valence-electron chi connectivity index (χ0n) is 20.1.